The maximum absolute atomic E-state index is 10.6. The lowest BCUT2D eigenvalue weighted by Gasteiger charge is -2.00. The molecule has 0 aromatic heterocycles. The average molecular weight is 246 g/mol. The molecule has 0 radical (unpaired) electrons. The molecule has 0 bridgehead atoms. The zero-order valence-electron chi connectivity index (χ0n) is 7.98. The van der Waals surface area contributed by atoms with Gasteiger partial charge in [0, 0.05) is 6.07 Å². The van der Waals surface area contributed by atoms with Crippen molar-refractivity contribution >= 4 is 17.3 Å². The summed E-state index contributed by atoms with van der Waals surface area (Å²) < 4.78 is 0. The van der Waals surface area contributed by atoms with E-state index >= 15 is 0 Å². The van der Waals surface area contributed by atoms with E-state index in [1.54, 1.807) is 0 Å². The van der Waals surface area contributed by atoms with Crippen molar-refractivity contribution in [3.05, 3.63) is 37.9 Å². The normalized spacial score (nSPS) is 9.18. The lowest BCUT2D eigenvalue weighted by atomic mass is 10.1. The van der Waals surface area contributed by atoms with Crippen molar-refractivity contribution < 1.29 is 30.3 Å². The number of aromatic carboxylic acids is 1. The first-order chi connectivity index (χ1) is 7.34. The van der Waals surface area contributed by atoms with Gasteiger partial charge in [-0.2, -0.15) is 0 Å². The van der Waals surface area contributed by atoms with Gasteiger partial charge in [-0.15, -0.1) is 0 Å². The van der Waals surface area contributed by atoms with E-state index < -0.39 is 38.5 Å². The minimum Gasteiger partial charge on any atom is -0.501 e. The van der Waals surface area contributed by atoms with Crippen LogP contribution in [0, 0.1) is 20.2 Å². The number of nitrogens with zero attached hydrogens (tertiary/aromatic N) is 2. The van der Waals surface area contributed by atoms with Gasteiger partial charge in [0.15, 0.2) is 0 Å². The second kappa shape index (κ2) is 4.85. The monoisotopic (exact) mass is 246 g/mol. The van der Waals surface area contributed by atoms with Crippen molar-refractivity contribution in [2.24, 2.45) is 0 Å². The summed E-state index contributed by atoms with van der Waals surface area (Å²) in [5.41, 5.74) is -2.69. The van der Waals surface area contributed by atoms with Crippen LogP contribution in [0.5, 0.6) is 5.75 Å². The van der Waals surface area contributed by atoms with Crippen molar-refractivity contribution in [1.29, 1.82) is 0 Å². The number of carboxylic acid groups (broad SMARTS) is 1. The molecule has 0 spiro atoms. The predicted molar refractivity (Wildman–Crippen MR) is 52.0 cm³/mol. The van der Waals surface area contributed by atoms with Gasteiger partial charge in [-0.05, 0) is 0 Å². The minimum absolute atomic E-state index is 0. The Balaban J connectivity index is 0.00000256. The Bertz CT molecular complexity index is 462. The third kappa shape index (κ3) is 2.63. The van der Waals surface area contributed by atoms with Crippen LogP contribution in [0.4, 0.5) is 11.4 Å². The molecule has 10 nitrogen and oxygen atoms in total. The fraction of sp³-hybridized carbons (Fsp3) is 0. The van der Waals surface area contributed by atoms with Gasteiger partial charge in [-0.1, -0.05) is 0 Å². The summed E-state index contributed by atoms with van der Waals surface area (Å²) in [5.74, 6) is -2.80. The zero-order chi connectivity index (χ0) is 12.5. The number of phenols is 1. The van der Waals surface area contributed by atoms with Crippen LogP contribution < -0.4 is 0 Å². The van der Waals surface area contributed by atoms with Crippen LogP contribution in [-0.4, -0.2) is 31.5 Å². The van der Waals surface area contributed by atoms with Gasteiger partial charge in [0.2, 0.25) is 5.75 Å². The quantitative estimate of drug-likeness (QED) is 0.560. The van der Waals surface area contributed by atoms with Gasteiger partial charge >= 0.3 is 11.7 Å². The SMILES string of the molecule is O.O=C(O)c1cc([N+](=O)[O-])cc([N+](=O)[O-])c1O. The van der Waals surface area contributed by atoms with Gasteiger partial charge in [0.05, 0.1) is 15.9 Å². The van der Waals surface area contributed by atoms with Crippen molar-refractivity contribution in [1.82, 2.24) is 0 Å². The molecule has 1 aromatic rings. The van der Waals surface area contributed by atoms with Crippen molar-refractivity contribution in [2.45, 2.75) is 0 Å². The largest absolute Gasteiger partial charge is 0.501 e. The van der Waals surface area contributed by atoms with Gasteiger partial charge < -0.3 is 15.7 Å². The van der Waals surface area contributed by atoms with E-state index in [2.05, 4.69) is 0 Å². The maximum Gasteiger partial charge on any atom is 0.340 e. The number of hydrogen-bond acceptors (Lipinski definition) is 6. The summed E-state index contributed by atoms with van der Waals surface area (Å²) in [6, 6.07) is 1.03. The fourth-order valence-electron chi connectivity index (χ4n) is 1.01. The number of hydrogen-bond donors (Lipinski definition) is 2. The highest BCUT2D eigenvalue weighted by atomic mass is 16.6. The van der Waals surface area contributed by atoms with E-state index in [1.807, 2.05) is 0 Å². The van der Waals surface area contributed by atoms with E-state index in [4.69, 9.17) is 5.11 Å². The molecule has 0 atom stereocenters. The first-order valence-corrected chi connectivity index (χ1v) is 3.73. The zero-order valence-corrected chi connectivity index (χ0v) is 7.98. The molecule has 0 unspecified atom stereocenters. The first-order valence-electron chi connectivity index (χ1n) is 3.73. The molecule has 0 aliphatic rings. The Morgan fingerprint density at radius 3 is 2.06 bits per heavy atom. The van der Waals surface area contributed by atoms with Gasteiger partial charge in [-0.25, -0.2) is 4.79 Å². The Kier molecular flexibility index (Phi) is 4.06. The Morgan fingerprint density at radius 2 is 1.71 bits per heavy atom. The van der Waals surface area contributed by atoms with Gasteiger partial charge in [-0.3, -0.25) is 20.2 Å². The highest BCUT2D eigenvalue weighted by Crippen LogP contribution is 2.34. The molecule has 10 heteroatoms. The van der Waals surface area contributed by atoms with Gasteiger partial charge in [0.25, 0.3) is 5.69 Å². The maximum atomic E-state index is 10.6. The summed E-state index contributed by atoms with van der Waals surface area (Å²) in [5, 5.41) is 38.5. The molecule has 17 heavy (non-hydrogen) atoms. The van der Waals surface area contributed by atoms with E-state index in [0.29, 0.717) is 12.1 Å². The van der Waals surface area contributed by atoms with Crippen molar-refractivity contribution in [2.75, 3.05) is 0 Å². The summed E-state index contributed by atoms with van der Waals surface area (Å²) in [7, 11) is 0. The van der Waals surface area contributed by atoms with E-state index in [9.17, 15) is 30.1 Å². The highest BCUT2D eigenvalue weighted by molar-refractivity contribution is 5.93. The summed E-state index contributed by atoms with van der Waals surface area (Å²) in [6.45, 7) is 0. The summed E-state index contributed by atoms with van der Waals surface area (Å²) in [6.07, 6.45) is 0. The molecule has 0 saturated heterocycles. The molecule has 0 aliphatic carbocycles. The van der Waals surface area contributed by atoms with Crippen LogP contribution in [0.1, 0.15) is 10.4 Å². The number of rotatable bonds is 3. The van der Waals surface area contributed by atoms with Crippen LogP contribution in [0.15, 0.2) is 12.1 Å². The number of nitro groups is 2. The van der Waals surface area contributed by atoms with Crippen LogP contribution in [-0.2, 0) is 0 Å². The van der Waals surface area contributed by atoms with Crippen LogP contribution in [0.25, 0.3) is 0 Å². The minimum atomic E-state index is -1.69. The van der Waals surface area contributed by atoms with E-state index in [0.717, 1.165) is 0 Å². The third-order valence-electron chi connectivity index (χ3n) is 1.71. The molecule has 0 amide bonds. The number of nitro benzene ring substituents is 2. The molecule has 92 valence electrons. The lowest BCUT2D eigenvalue weighted by molar-refractivity contribution is -0.394. The van der Waals surface area contributed by atoms with E-state index in [1.165, 1.54) is 0 Å². The third-order valence-corrected chi connectivity index (χ3v) is 1.71. The molecular weight excluding hydrogens is 240 g/mol. The smallest absolute Gasteiger partial charge is 0.340 e. The molecule has 0 fully saturated rings. The topological polar surface area (TPSA) is 175 Å². The number of non-ortho nitro benzene ring substituents is 1. The lowest BCUT2D eigenvalue weighted by Crippen LogP contribution is -2.02. The molecular formula is C7H6N2O8. The molecule has 0 saturated carbocycles. The molecule has 0 heterocycles. The number of aromatic hydroxyl groups is 1. The summed E-state index contributed by atoms with van der Waals surface area (Å²) in [4.78, 5) is 29.2. The predicted octanol–water partition coefficient (Wildman–Crippen LogP) is 0.0821. The van der Waals surface area contributed by atoms with Crippen molar-refractivity contribution in [3.63, 3.8) is 0 Å². The van der Waals surface area contributed by atoms with Crippen LogP contribution in [0.3, 0.4) is 0 Å². The molecule has 1 aromatic carbocycles. The van der Waals surface area contributed by atoms with Crippen molar-refractivity contribution in [3.8, 4) is 5.75 Å². The van der Waals surface area contributed by atoms with E-state index in [-0.39, 0.29) is 5.48 Å². The summed E-state index contributed by atoms with van der Waals surface area (Å²) >= 11 is 0. The second-order valence-electron chi connectivity index (χ2n) is 2.68. The molecule has 1 rings (SSSR count). The van der Waals surface area contributed by atoms with Crippen LogP contribution in [0.2, 0.25) is 0 Å². The average Bonchev–Trinajstić information content (AvgIpc) is 2.16. The van der Waals surface area contributed by atoms with Gasteiger partial charge in [0.1, 0.15) is 5.56 Å². The molecule has 0 aliphatic heterocycles. The Hall–Kier alpha value is -2.75. The number of carbonyl (C=O) groups is 1. The fourth-order valence-corrected chi connectivity index (χ4v) is 1.01. The highest BCUT2D eigenvalue weighted by Gasteiger charge is 2.26. The number of carboxylic acids is 1. The second-order valence-corrected chi connectivity index (χ2v) is 2.68. The Labute approximate surface area is 92.3 Å². The Morgan fingerprint density at radius 1 is 1.18 bits per heavy atom. The first kappa shape index (κ1) is 14.2. The molecule has 4 N–H and O–H groups in total. The van der Waals surface area contributed by atoms with Crippen LogP contribution >= 0.6 is 0 Å². The number of benzene rings is 1. The standard InChI is InChI=1S/C7H4N2O7.H2O/c10-6-4(7(11)12)1-3(8(13)14)2-5(6)9(15)16;/h1-2,10H,(H,11,12);1H2.